The maximum atomic E-state index is 10.8. The van der Waals surface area contributed by atoms with Crippen molar-refractivity contribution in [2.24, 2.45) is 5.41 Å². The van der Waals surface area contributed by atoms with Crippen LogP contribution in [-0.4, -0.2) is 6.10 Å². The average molecular weight is 399 g/mol. The van der Waals surface area contributed by atoms with E-state index < -0.39 is 13.9 Å². The van der Waals surface area contributed by atoms with Crippen molar-refractivity contribution in [1.29, 1.82) is 0 Å². The quantitative estimate of drug-likeness (QED) is 0.220. The van der Waals surface area contributed by atoms with Crippen LogP contribution in [0.5, 0.6) is 0 Å². The molecule has 0 aromatic rings. The first kappa shape index (κ1) is 31.1. The summed E-state index contributed by atoms with van der Waals surface area (Å²) >= 11 is 0. The van der Waals surface area contributed by atoms with E-state index in [2.05, 4.69) is 6.92 Å². The molecule has 0 aromatic carbocycles. The van der Waals surface area contributed by atoms with Crippen LogP contribution in [0.1, 0.15) is 91.9 Å². The van der Waals surface area contributed by atoms with Gasteiger partial charge in [-0.1, -0.05) is 85.5 Å². The van der Waals surface area contributed by atoms with Gasteiger partial charge in [-0.25, -0.2) is 0 Å². The molecule has 0 N–H and O–H groups in total. The molecule has 128 valence electrons. The third kappa shape index (κ3) is 21.5. The van der Waals surface area contributed by atoms with Gasteiger partial charge in [0.05, 0.1) is 13.9 Å². The Bertz CT molecular complexity index is 303. The number of hydrogen-bond donors (Lipinski definition) is 0. The van der Waals surface area contributed by atoms with Crippen LogP contribution in [0, 0.1) is 5.41 Å². The molecule has 0 rings (SSSR count). The van der Waals surface area contributed by atoms with Gasteiger partial charge in [0.25, 0.3) is 0 Å². The standard InChI is InChI=1S/C16H35O4P.2K/c1-5-6-7-8-9-10-11-12-13-14-15(16(2,3)4)20-21(17,18)19;;/h15H,5-14H2,1-4H3,(H2,17,18,19);;/q;2*+1/p-2. The summed E-state index contributed by atoms with van der Waals surface area (Å²) in [4.78, 5) is 21.6. The van der Waals surface area contributed by atoms with E-state index in [1.54, 1.807) is 0 Å². The van der Waals surface area contributed by atoms with E-state index in [-0.39, 0.29) is 108 Å². The van der Waals surface area contributed by atoms with E-state index >= 15 is 0 Å². The zero-order chi connectivity index (χ0) is 16.4. The summed E-state index contributed by atoms with van der Waals surface area (Å²) in [5.41, 5.74) is -0.329. The summed E-state index contributed by atoms with van der Waals surface area (Å²) in [7, 11) is -4.90. The predicted octanol–water partition coefficient (Wildman–Crippen LogP) is -1.82. The summed E-state index contributed by atoms with van der Waals surface area (Å²) in [6.45, 7) is 7.93. The molecule has 0 aliphatic rings. The fourth-order valence-corrected chi connectivity index (χ4v) is 3.17. The van der Waals surface area contributed by atoms with Gasteiger partial charge >= 0.3 is 103 Å². The van der Waals surface area contributed by atoms with Crippen LogP contribution in [0.15, 0.2) is 0 Å². The molecule has 4 nitrogen and oxygen atoms in total. The fraction of sp³-hybridized carbons (Fsp3) is 1.00. The van der Waals surface area contributed by atoms with E-state index in [0.29, 0.717) is 6.42 Å². The largest absolute Gasteiger partial charge is 1.00 e. The Labute approximate surface area is 228 Å². The van der Waals surface area contributed by atoms with Crippen molar-refractivity contribution in [2.75, 3.05) is 0 Å². The number of phosphoric ester groups is 1. The molecular formula is C16H33K2O4P. The third-order valence-electron chi connectivity index (χ3n) is 3.79. The minimum atomic E-state index is -4.90. The first-order valence-electron chi connectivity index (χ1n) is 8.37. The number of rotatable bonds is 12. The first-order valence-corrected chi connectivity index (χ1v) is 9.83. The zero-order valence-corrected chi connectivity index (χ0v) is 23.4. The van der Waals surface area contributed by atoms with Crippen LogP contribution in [0.25, 0.3) is 0 Å². The molecule has 0 fully saturated rings. The Morgan fingerprint density at radius 2 is 1.26 bits per heavy atom. The van der Waals surface area contributed by atoms with Gasteiger partial charge in [0.1, 0.15) is 0 Å². The summed E-state index contributed by atoms with van der Waals surface area (Å²) in [5, 5.41) is 0. The minimum Gasteiger partial charge on any atom is -0.790 e. The molecule has 23 heavy (non-hydrogen) atoms. The van der Waals surface area contributed by atoms with Crippen LogP contribution < -0.4 is 113 Å². The van der Waals surface area contributed by atoms with Crippen molar-refractivity contribution in [3.8, 4) is 0 Å². The summed E-state index contributed by atoms with van der Waals surface area (Å²) in [5.74, 6) is 0. The van der Waals surface area contributed by atoms with E-state index in [1.807, 2.05) is 20.8 Å². The summed E-state index contributed by atoms with van der Waals surface area (Å²) in [6, 6.07) is 0. The van der Waals surface area contributed by atoms with Gasteiger partial charge in [-0.3, -0.25) is 0 Å². The fourth-order valence-electron chi connectivity index (χ4n) is 2.44. The minimum absolute atomic E-state index is 0. The Balaban J connectivity index is -0.00000200. The van der Waals surface area contributed by atoms with E-state index in [1.165, 1.54) is 44.9 Å². The molecule has 0 aliphatic heterocycles. The van der Waals surface area contributed by atoms with Gasteiger partial charge < -0.3 is 18.9 Å². The molecule has 0 saturated heterocycles. The van der Waals surface area contributed by atoms with Crippen molar-refractivity contribution >= 4 is 7.82 Å². The van der Waals surface area contributed by atoms with Gasteiger partial charge in [0.15, 0.2) is 0 Å². The van der Waals surface area contributed by atoms with Crippen LogP contribution in [0.3, 0.4) is 0 Å². The predicted molar refractivity (Wildman–Crippen MR) is 83.8 cm³/mol. The van der Waals surface area contributed by atoms with Crippen LogP contribution in [0.2, 0.25) is 0 Å². The third-order valence-corrected chi connectivity index (χ3v) is 4.30. The number of hydrogen-bond acceptors (Lipinski definition) is 4. The van der Waals surface area contributed by atoms with Crippen molar-refractivity contribution < 1.29 is 122 Å². The van der Waals surface area contributed by atoms with Gasteiger partial charge in [-0.2, -0.15) is 0 Å². The van der Waals surface area contributed by atoms with Gasteiger partial charge in [0, 0.05) is 0 Å². The molecule has 0 aromatic heterocycles. The molecule has 7 heteroatoms. The average Bonchev–Trinajstić information content (AvgIpc) is 2.32. The Hall–Kier alpha value is 3.38. The van der Waals surface area contributed by atoms with Gasteiger partial charge in [-0.15, -0.1) is 0 Å². The van der Waals surface area contributed by atoms with Crippen LogP contribution >= 0.6 is 7.82 Å². The second kappa shape index (κ2) is 17.5. The smallest absolute Gasteiger partial charge is 0.790 e. The van der Waals surface area contributed by atoms with E-state index in [4.69, 9.17) is 4.52 Å². The van der Waals surface area contributed by atoms with Crippen molar-refractivity contribution in [1.82, 2.24) is 0 Å². The number of phosphoric acid groups is 1. The molecule has 0 heterocycles. The summed E-state index contributed by atoms with van der Waals surface area (Å²) < 4.78 is 15.5. The monoisotopic (exact) mass is 398 g/mol. The SMILES string of the molecule is CCCCCCCCCCCC(OP(=O)([O-])[O-])C(C)(C)C.[K+].[K+]. The Kier molecular flexibility index (Phi) is 23.6. The van der Waals surface area contributed by atoms with Gasteiger partial charge in [0.2, 0.25) is 0 Å². The second-order valence-electron chi connectivity index (χ2n) is 7.02. The molecule has 0 saturated carbocycles. The Morgan fingerprint density at radius 3 is 1.61 bits per heavy atom. The zero-order valence-electron chi connectivity index (χ0n) is 16.2. The second-order valence-corrected chi connectivity index (χ2v) is 8.13. The Morgan fingerprint density at radius 1 is 0.870 bits per heavy atom. The molecule has 0 bridgehead atoms. The van der Waals surface area contributed by atoms with E-state index in [0.717, 1.165) is 12.8 Å². The van der Waals surface area contributed by atoms with Crippen molar-refractivity contribution in [3.05, 3.63) is 0 Å². The molecule has 0 aliphatic carbocycles. The topological polar surface area (TPSA) is 72.4 Å². The van der Waals surface area contributed by atoms with Crippen LogP contribution in [0.4, 0.5) is 0 Å². The molecule has 0 spiro atoms. The molecular weight excluding hydrogens is 365 g/mol. The molecule has 1 unspecified atom stereocenters. The normalized spacial score (nSPS) is 13.1. The maximum Gasteiger partial charge on any atom is 1.00 e. The molecule has 0 amide bonds. The van der Waals surface area contributed by atoms with E-state index in [9.17, 15) is 14.4 Å². The van der Waals surface area contributed by atoms with Crippen molar-refractivity contribution in [3.63, 3.8) is 0 Å². The van der Waals surface area contributed by atoms with Gasteiger partial charge in [-0.05, 0) is 11.8 Å². The first-order chi connectivity index (χ1) is 9.67. The van der Waals surface area contributed by atoms with Crippen LogP contribution in [-0.2, 0) is 9.09 Å². The summed E-state index contributed by atoms with van der Waals surface area (Å²) in [6.07, 6.45) is 11.1. The molecule has 0 radical (unpaired) electrons. The number of unbranched alkanes of at least 4 members (excludes halogenated alkanes) is 8. The maximum absolute atomic E-state index is 10.8. The molecule has 1 atom stereocenters. The van der Waals surface area contributed by atoms with Crippen molar-refractivity contribution in [2.45, 2.75) is 98.0 Å².